The van der Waals surface area contributed by atoms with Gasteiger partial charge in [0, 0.05) is 13.5 Å². The molecule has 0 N–H and O–H groups in total. The summed E-state index contributed by atoms with van der Waals surface area (Å²) in [5, 5.41) is 0. The molecule has 0 saturated carbocycles. The summed E-state index contributed by atoms with van der Waals surface area (Å²) >= 11 is 0. The summed E-state index contributed by atoms with van der Waals surface area (Å²) in [7, 11) is 1.28. The molecule has 3 aromatic carbocycles. The van der Waals surface area contributed by atoms with Gasteiger partial charge < -0.3 is 33.2 Å². The van der Waals surface area contributed by atoms with Crippen LogP contribution in [0.15, 0.2) is 91.0 Å². The van der Waals surface area contributed by atoms with Gasteiger partial charge in [-0.1, -0.05) is 91.0 Å². The minimum Gasteiger partial charge on any atom is -0.455 e. The molecular formula is C35H36F6O9. The van der Waals surface area contributed by atoms with Gasteiger partial charge in [0.1, 0.15) is 18.3 Å². The van der Waals surface area contributed by atoms with E-state index in [9.17, 15) is 35.9 Å². The minimum atomic E-state index is -4.99. The normalized spacial score (nSPS) is 21.2. The molecular weight excluding hydrogens is 678 g/mol. The Balaban J connectivity index is 1.70. The van der Waals surface area contributed by atoms with Gasteiger partial charge in [0.05, 0.1) is 25.9 Å². The zero-order valence-corrected chi connectivity index (χ0v) is 26.8. The molecule has 1 fully saturated rings. The highest BCUT2D eigenvalue weighted by Crippen LogP contribution is 2.34. The smallest absolute Gasteiger partial charge is 0.422 e. The molecule has 1 heterocycles. The van der Waals surface area contributed by atoms with Crippen LogP contribution in [-0.4, -0.2) is 75.3 Å². The van der Waals surface area contributed by atoms with E-state index < -0.39 is 80.5 Å². The third-order valence-corrected chi connectivity index (χ3v) is 7.47. The van der Waals surface area contributed by atoms with Crippen LogP contribution < -0.4 is 0 Å². The molecule has 0 unspecified atom stereocenters. The molecule has 0 radical (unpaired) electrons. The summed E-state index contributed by atoms with van der Waals surface area (Å²) in [6.45, 7) is -4.18. The molecule has 0 spiro atoms. The van der Waals surface area contributed by atoms with E-state index >= 15 is 0 Å². The Morgan fingerprint density at radius 2 is 1.00 bits per heavy atom. The number of benzene rings is 3. The van der Waals surface area contributed by atoms with Crippen LogP contribution in [0.5, 0.6) is 0 Å². The number of hydrogen-bond acceptors (Lipinski definition) is 9. The molecule has 272 valence electrons. The number of carbonyl (C=O) groups is 2. The van der Waals surface area contributed by atoms with Crippen molar-refractivity contribution in [1.29, 1.82) is 0 Å². The molecule has 5 atom stereocenters. The molecule has 0 bridgehead atoms. The highest BCUT2D eigenvalue weighted by Gasteiger charge is 2.51. The average molecular weight is 715 g/mol. The monoisotopic (exact) mass is 714 g/mol. The molecule has 3 aromatic rings. The van der Waals surface area contributed by atoms with Crippen molar-refractivity contribution in [3.8, 4) is 0 Å². The van der Waals surface area contributed by atoms with Gasteiger partial charge in [0.15, 0.2) is 25.4 Å². The number of ether oxygens (including phenoxy) is 7. The van der Waals surface area contributed by atoms with Crippen LogP contribution in [0, 0.1) is 5.92 Å². The van der Waals surface area contributed by atoms with Crippen molar-refractivity contribution in [2.75, 3.05) is 20.3 Å². The Kier molecular flexibility index (Phi) is 14.2. The predicted octanol–water partition coefficient (Wildman–Crippen LogP) is 6.33. The van der Waals surface area contributed by atoms with Gasteiger partial charge in [0.25, 0.3) is 0 Å². The lowest BCUT2D eigenvalue weighted by atomic mass is 9.90. The number of hydrogen-bond donors (Lipinski definition) is 0. The van der Waals surface area contributed by atoms with E-state index in [0.717, 1.165) is 11.1 Å². The first-order valence-corrected chi connectivity index (χ1v) is 15.4. The molecule has 4 rings (SSSR count). The largest absolute Gasteiger partial charge is 0.455 e. The summed E-state index contributed by atoms with van der Waals surface area (Å²) in [6, 6.07) is 26.9. The second-order valence-corrected chi connectivity index (χ2v) is 11.3. The van der Waals surface area contributed by atoms with Crippen LogP contribution >= 0.6 is 0 Å². The SMILES string of the molecule is CO[C@H]1O[C@H](CC(C(=O)OCC(F)(F)F)C(=O)OCC(F)(F)F)[C@@H](OCc2ccccc2)[C@H](OCc2ccccc2)[C@H]1OCc1ccccc1. The Labute approximate surface area is 284 Å². The quantitative estimate of drug-likeness (QED) is 0.0958. The summed E-state index contributed by atoms with van der Waals surface area (Å²) in [5.41, 5.74) is 2.22. The molecule has 1 aliphatic rings. The number of rotatable bonds is 16. The molecule has 0 amide bonds. The van der Waals surface area contributed by atoms with E-state index in [1.54, 1.807) is 54.6 Å². The van der Waals surface area contributed by atoms with Crippen molar-refractivity contribution in [1.82, 2.24) is 0 Å². The second kappa shape index (κ2) is 18.3. The molecule has 0 aliphatic carbocycles. The van der Waals surface area contributed by atoms with Gasteiger partial charge in [-0.2, -0.15) is 26.3 Å². The lowest BCUT2D eigenvalue weighted by molar-refractivity contribution is -0.319. The second-order valence-electron chi connectivity index (χ2n) is 11.3. The first kappa shape index (κ1) is 38.8. The van der Waals surface area contributed by atoms with Gasteiger partial charge in [-0.3, -0.25) is 9.59 Å². The van der Waals surface area contributed by atoms with Crippen molar-refractivity contribution in [3.05, 3.63) is 108 Å². The molecule has 1 saturated heterocycles. The fourth-order valence-electron chi connectivity index (χ4n) is 5.15. The van der Waals surface area contributed by atoms with E-state index in [-0.39, 0.29) is 19.8 Å². The number of esters is 2. The lowest BCUT2D eigenvalue weighted by Gasteiger charge is -2.46. The van der Waals surface area contributed by atoms with Gasteiger partial charge in [-0.15, -0.1) is 0 Å². The van der Waals surface area contributed by atoms with Crippen LogP contribution in [0.4, 0.5) is 26.3 Å². The zero-order valence-electron chi connectivity index (χ0n) is 26.8. The molecule has 9 nitrogen and oxygen atoms in total. The van der Waals surface area contributed by atoms with Crippen LogP contribution in [0.2, 0.25) is 0 Å². The molecule has 0 aromatic heterocycles. The number of halogens is 6. The van der Waals surface area contributed by atoms with Gasteiger partial charge in [-0.25, -0.2) is 0 Å². The maximum atomic E-state index is 12.9. The Morgan fingerprint density at radius 1 is 0.620 bits per heavy atom. The summed E-state index contributed by atoms with van der Waals surface area (Å²) in [5.74, 6) is -5.81. The fourth-order valence-corrected chi connectivity index (χ4v) is 5.15. The average Bonchev–Trinajstić information content (AvgIpc) is 3.10. The lowest BCUT2D eigenvalue weighted by Crippen LogP contribution is -2.61. The van der Waals surface area contributed by atoms with E-state index in [1.165, 1.54) is 7.11 Å². The maximum Gasteiger partial charge on any atom is 0.422 e. The van der Waals surface area contributed by atoms with E-state index in [1.807, 2.05) is 36.4 Å². The van der Waals surface area contributed by atoms with Crippen LogP contribution in [0.25, 0.3) is 0 Å². The van der Waals surface area contributed by atoms with Crippen molar-refractivity contribution >= 4 is 11.9 Å². The van der Waals surface area contributed by atoms with Crippen molar-refractivity contribution in [2.24, 2.45) is 5.92 Å². The topological polar surface area (TPSA) is 98.8 Å². The Hall–Kier alpha value is -4.02. The maximum absolute atomic E-state index is 12.9. The Bertz CT molecular complexity index is 1430. The standard InChI is InChI=1S/C35H36F6O9/c1-44-33-30(47-20-25-15-9-4-10-16-25)29(46-19-24-13-7-3-8-14-24)28(45-18-23-11-5-2-6-12-23)27(50-33)17-26(31(42)48-21-34(36,37)38)32(43)49-22-35(39,40)41/h2-16,26-30,33H,17-22H2,1H3/t27-,28-,29+,30-,33+/m1/s1. The van der Waals surface area contributed by atoms with Gasteiger partial charge in [-0.05, 0) is 16.7 Å². The van der Waals surface area contributed by atoms with Crippen molar-refractivity contribution in [2.45, 2.75) is 69.3 Å². The molecule has 50 heavy (non-hydrogen) atoms. The molecule has 15 heteroatoms. The first-order valence-electron chi connectivity index (χ1n) is 15.4. The van der Waals surface area contributed by atoms with Crippen LogP contribution in [0.1, 0.15) is 23.1 Å². The number of alkyl halides is 6. The summed E-state index contributed by atoms with van der Waals surface area (Å²) in [6.07, 6.45) is -16.8. The summed E-state index contributed by atoms with van der Waals surface area (Å²) < 4.78 is 117. The van der Waals surface area contributed by atoms with Crippen LogP contribution in [-0.2, 0) is 62.6 Å². The first-order chi connectivity index (χ1) is 23.8. The third kappa shape index (κ3) is 12.4. The number of methoxy groups -OCH3 is 1. The summed E-state index contributed by atoms with van der Waals surface area (Å²) in [4.78, 5) is 25.8. The predicted molar refractivity (Wildman–Crippen MR) is 163 cm³/mol. The highest BCUT2D eigenvalue weighted by atomic mass is 19.4. The zero-order chi connectivity index (χ0) is 36.1. The van der Waals surface area contributed by atoms with Crippen molar-refractivity contribution < 1.29 is 69.1 Å². The van der Waals surface area contributed by atoms with Crippen LogP contribution in [0.3, 0.4) is 0 Å². The van der Waals surface area contributed by atoms with Gasteiger partial charge >= 0.3 is 24.3 Å². The van der Waals surface area contributed by atoms with E-state index in [2.05, 4.69) is 9.47 Å². The number of carbonyl (C=O) groups excluding carboxylic acids is 2. The van der Waals surface area contributed by atoms with E-state index in [0.29, 0.717) is 5.56 Å². The Morgan fingerprint density at radius 3 is 1.38 bits per heavy atom. The fraction of sp³-hybridized carbons (Fsp3) is 0.429. The van der Waals surface area contributed by atoms with E-state index in [4.69, 9.17) is 23.7 Å². The van der Waals surface area contributed by atoms with Gasteiger partial charge in [0.2, 0.25) is 0 Å². The minimum absolute atomic E-state index is 0.00965. The molecule has 1 aliphatic heterocycles. The highest BCUT2D eigenvalue weighted by molar-refractivity contribution is 5.95. The third-order valence-electron chi connectivity index (χ3n) is 7.47. The van der Waals surface area contributed by atoms with Crippen molar-refractivity contribution in [3.63, 3.8) is 0 Å².